The van der Waals surface area contributed by atoms with E-state index in [1.54, 1.807) is 18.2 Å². The molecule has 6 nitrogen and oxygen atoms in total. The summed E-state index contributed by atoms with van der Waals surface area (Å²) in [5.41, 5.74) is 0.269. The van der Waals surface area contributed by atoms with Crippen LogP contribution in [0, 0.1) is 0 Å². The lowest BCUT2D eigenvalue weighted by Crippen LogP contribution is -2.38. The first-order chi connectivity index (χ1) is 10.9. The maximum Gasteiger partial charge on any atom is 0.332 e. The molecule has 0 unspecified atom stereocenters. The van der Waals surface area contributed by atoms with Crippen molar-refractivity contribution in [2.75, 3.05) is 0 Å². The van der Waals surface area contributed by atoms with E-state index >= 15 is 0 Å². The number of pyridine rings is 1. The molecule has 0 aliphatic heterocycles. The number of benzene rings is 1. The third-order valence-electron chi connectivity index (χ3n) is 3.83. The summed E-state index contributed by atoms with van der Waals surface area (Å²) in [6.45, 7) is 0. The van der Waals surface area contributed by atoms with Gasteiger partial charge in [-0.25, -0.2) is 4.79 Å². The van der Waals surface area contributed by atoms with Crippen LogP contribution in [-0.4, -0.2) is 14.1 Å². The van der Waals surface area contributed by atoms with Crippen LogP contribution in [0.5, 0.6) is 0 Å². The Bertz CT molecular complexity index is 1090. The van der Waals surface area contributed by atoms with E-state index in [1.807, 2.05) is 6.07 Å². The summed E-state index contributed by atoms with van der Waals surface area (Å²) in [7, 11) is 2.92. The monoisotopic (exact) mass is 331 g/mol. The second-order valence-electron chi connectivity index (χ2n) is 5.40. The Kier molecular flexibility index (Phi) is 3.69. The highest BCUT2D eigenvalue weighted by atomic mass is 35.5. The number of nitrogens with zero attached hydrogens (tertiary/aromatic N) is 2. The van der Waals surface area contributed by atoms with Gasteiger partial charge in [0.1, 0.15) is 5.65 Å². The lowest BCUT2D eigenvalue weighted by molar-refractivity contribution is 0.706. The fourth-order valence-electron chi connectivity index (χ4n) is 2.58. The molecule has 23 heavy (non-hydrogen) atoms. The molecule has 3 aromatic rings. The van der Waals surface area contributed by atoms with E-state index in [0.29, 0.717) is 22.4 Å². The summed E-state index contributed by atoms with van der Waals surface area (Å²) in [4.78, 5) is 39.1. The Labute approximate surface area is 135 Å². The molecule has 0 saturated heterocycles. The summed E-state index contributed by atoms with van der Waals surface area (Å²) in [6, 6.07) is 8.71. The molecule has 3 rings (SSSR count). The van der Waals surface area contributed by atoms with Gasteiger partial charge < -0.3 is 4.98 Å². The Morgan fingerprint density at radius 3 is 2.52 bits per heavy atom. The minimum atomic E-state index is -0.485. The molecule has 7 heteroatoms. The van der Waals surface area contributed by atoms with E-state index in [4.69, 9.17) is 11.6 Å². The average Bonchev–Trinajstić information content (AvgIpc) is 2.52. The quantitative estimate of drug-likeness (QED) is 0.765. The van der Waals surface area contributed by atoms with Crippen LogP contribution in [0.3, 0.4) is 0 Å². The van der Waals surface area contributed by atoms with Crippen molar-refractivity contribution in [1.82, 2.24) is 14.1 Å². The summed E-state index contributed by atoms with van der Waals surface area (Å²) < 4.78 is 2.27. The van der Waals surface area contributed by atoms with Crippen molar-refractivity contribution < 1.29 is 0 Å². The van der Waals surface area contributed by atoms with Gasteiger partial charge in [0.2, 0.25) is 0 Å². The van der Waals surface area contributed by atoms with Crippen molar-refractivity contribution >= 4 is 22.6 Å². The second kappa shape index (κ2) is 5.55. The van der Waals surface area contributed by atoms with Crippen LogP contribution in [0.15, 0.2) is 44.7 Å². The van der Waals surface area contributed by atoms with Crippen LogP contribution >= 0.6 is 11.6 Å². The van der Waals surface area contributed by atoms with Crippen LogP contribution in [0.1, 0.15) is 11.1 Å². The Morgan fingerprint density at radius 2 is 1.83 bits per heavy atom. The van der Waals surface area contributed by atoms with Crippen molar-refractivity contribution in [2.24, 2.45) is 14.1 Å². The molecule has 1 aromatic carbocycles. The van der Waals surface area contributed by atoms with Gasteiger partial charge >= 0.3 is 5.69 Å². The fourth-order valence-corrected chi connectivity index (χ4v) is 2.79. The summed E-state index contributed by atoms with van der Waals surface area (Å²) in [5, 5.41) is 0.879. The number of H-pyrrole nitrogens is 1. The molecular weight excluding hydrogens is 318 g/mol. The topological polar surface area (TPSA) is 76.9 Å². The van der Waals surface area contributed by atoms with Gasteiger partial charge in [0, 0.05) is 31.1 Å². The molecule has 0 spiro atoms. The number of fused-ring (bicyclic) bond motifs is 1. The zero-order chi connectivity index (χ0) is 16.7. The molecule has 0 atom stereocenters. The maximum atomic E-state index is 12.3. The Balaban J connectivity index is 2.24. The third kappa shape index (κ3) is 2.61. The normalized spacial score (nSPS) is 11.1. The first-order valence-electron chi connectivity index (χ1n) is 6.95. The smallest absolute Gasteiger partial charge is 0.307 e. The van der Waals surface area contributed by atoms with Crippen LogP contribution in [0.25, 0.3) is 11.0 Å². The number of rotatable bonds is 2. The van der Waals surface area contributed by atoms with Crippen LogP contribution in [0.4, 0.5) is 0 Å². The van der Waals surface area contributed by atoms with Crippen molar-refractivity contribution in [3.8, 4) is 0 Å². The average molecular weight is 332 g/mol. The maximum absolute atomic E-state index is 12.3. The van der Waals surface area contributed by atoms with Gasteiger partial charge in [0.15, 0.2) is 0 Å². The molecule has 0 bridgehead atoms. The largest absolute Gasteiger partial charge is 0.332 e. The predicted octanol–water partition coefficient (Wildman–Crippen LogP) is 1.17. The molecular formula is C16H14ClN3O3. The highest BCUT2D eigenvalue weighted by molar-refractivity contribution is 6.30. The van der Waals surface area contributed by atoms with Gasteiger partial charge in [-0.15, -0.1) is 0 Å². The van der Waals surface area contributed by atoms with Crippen LogP contribution in [0.2, 0.25) is 5.02 Å². The lowest BCUT2D eigenvalue weighted by Gasteiger charge is -2.09. The molecule has 0 radical (unpaired) electrons. The minimum Gasteiger partial charge on any atom is -0.307 e. The van der Waals surface area contributed by atoms with Crippen molar-refractivity contribution in [2.45, 2.75) is 6.42 Å². The third-order valence-corrected chi connectivity index (χ3v) is 4.06. The first kappa shape index (κ1) is 15.3. The van der Waals surface area contributed by atoms with Gasteiger partial charge in [0.25, 0.3) is 11.1 Å². The van der Waals surface area contributed by atoms with E-state index < -0.39 is 11.2 Å². The molecule has 0 saturated carbocycles. The molecule has 0 aliphatic carbocycles. The number of aromatic amines is 1. The minimum absolute atomic E-state index is 0.220. The highest BCUT2D eigenvalue weighted by Gasteiger charge is 2.12. The highest BCUT2D eigenvalue weighted by Crippen LogP contribution is 2.14. The van der Waals surface area contributed by atoms with Gasteiger partial charge in [-0.1, -0.05) is 23.7 Å². The molecule has 118 valence electrons. The number of halogens is 1. The molecule has 0 fully saturated rings. The lowest BCUT2D eigenvalue weighted by atomic mass is 10.1. The zero-order valence-electron chi connectivity index (χ0n) is 12.6. The molecule has 2 aromatic heterocycles. The molecule has 0 aliphatic rings. The molecule has 2 heterocycles. The standard InChI is InChI=1S/C16H14ClN3O3/c1-19-13-12(15(22)20(2)16(19)23)8-10(14(21)18-13)6-9-4-3-5-11(17)7-9/h3-5,7-8H,6H2,1-2H3,(H,18,21). The van der Waals surface area contributed by atoms with Gasteiger partial charge in [-0.05, 0) is 23.8 Å². The van der Waals surface area contributed by atoms with Gasteiger partial charge in [-0.2, -0.15) is 0 Å². The van der Waals surface area contributed by atoms with E-state index in [1.165, 1.54) is 24.7 Å². The summed E-state index contributed by atoms with van der Waals surface area (Å²) in [5.74, 6) is 0. The van der Waals surface area contributed by atoms with Crippen molar-refractivity contribution in [3.63, 3.8) is 0 Å². The summed E-state index contributed by atoms with van der Waals surface area (Å²) >= 11 is 5.95. The number of aryl methyl sites for hydroxylation is 1. The number of nitrogens with one attached hydrogen (secondary N) is 1. The SMILES string of the molecule is Cn1c(=O)c2cc(Cc3cccc(Cl)c3)c(=O)[nH]c2n(C)c1=O. The fraction of sp³-hybridized carbons (Fsp3) is 0.188. The number of aromatic nitrogens is 3. The zero-order valence-corrected chi connectivity index (χ0v) is 13.3. The predicted molar refractivity (Wildman–Crippen MR) is 89.3 cm³/mol. The Morgan fingerprint density at radius 1 is 1.09 bits per heavy atom. The van der Waals surface area contributed by atoms with E-state index in [9.17, 15) is 14.4 Å². The van der Waals surface area contributed by atoms with Crippen molar-refractivity contribution in [1.29, 1.82) is 0 Å². The van der Waals surface area contributed by atoms with Crippen LogP contribution < -0.4 is 16.8 Å². The van der Waals surface area contributed by atoms with E-state index in [2.05, 4.69) is 4.98 Å². The molecule has 0 amide bonds. The molecule has 1 N–H and O–H groups in total. The van der Waals surface area contributed by atoms with E-state index in [0.717, 1.165) is 10.1 Å². The van der Waals surface area contributed by atoms with Crippen LogP contribution in [-0.2, 0) is 20.5 Å². The second-order valence-corrected chi connectivity index (χ2v) is 5.83. The Hall–Kier alpha value is -2.60. The number of hydrogen-bond donors (Lipinski definition) is 1. The van der Waals surface area contributed by atoms with Gasteiger partial charge in [-0.3, -0.25) is 18.7 Å². The van der Waals surface area contributed by atoms with Crippen molar-refractivity contribution in [3.05, 3.63) is 77.7 Å². The van der Waals surface area contributed by atoms with Gasteiger partial charge in [0.05, 0.1) is 5.39 Å². The van der Waals surface area contributed by atoms with E-state index in [-0.39, 0.29) is 11.2 Å². The number of hydrogen-bond acceptors (Lipinski definition) is 3. The first-order valence-corrected chi connectivity index (χ1v) is 7.32. The summed E-state index contributed by atoms with van der Waals surface area (Å²) in [6.07, 6.45) is 0.345.